The van der Waals surface area contributed by atoms with Crippen molar-refractivity contribution in [2.24, 2.45) is 0 Å². The number of thiazole rings is 1. The summed E-state index contributed by atoms with van der Waals surface area (Å²) in [5.41, 5.74) is 3.11. The zero-order chi connectivity index (χ0) is 14.7. The molecule has 0 unspecified atom stereocenters. The number of rotatable bonds is 4. The van der Waals surface area contributed by atoms with Crippen molar-refractivity contribution < 1.29 is 4.79 Å². The van der Waals surface area contributed by atoms with Crippen molar-refractivity contribution in [2.45, 2.75) is 32.4 Å². The number of amides is 1. The Labute approximate surface area is 126 Å². The summed E-state index contributed by atoms with van der Waals surface area (Å²) in [4.78, 5) is 17.3. The number of hydrogen-bond acceptors (Lipinski definition) is 6. The topological polar surface area (TPSA) is 84.7 Å². The van der Waals surface area contributed by atoms with E-state index < -0.39 is 0 Å². The van der Waals surface area contributed by atoms with Crippen LogP contribution in [0.1, 0.15) is 39.9 Å². The van der Waals surface area contributed by atoms with E-state index >= 15 is 0 Å². The number of carbonyl (C=O) groups is 1. The van der Waals surface area contributed by atoms with Gasteiger partial charge in [0, 0.05) is 4.88 Å². The fourth-order valence-corrected chi connectivity index (χ4v) is 3.09. The first kappa shape index (κ1) is 14.2. The number of aromatic nitrogens is 4. The monoisotopic (exact) mass is 306 g/mol. The van der Waals surface area contributed by atoms with E-state index in [0.29, 0.717) is 18.3 Å². The molecule has 0 atom stereocenters. The minimum absolute atomic E-state index is 0.192. The number of nitrogens with one attached hydrogen (secondary N) is 2. The second kappa shape index (κ2) is 6.31. The van der Waals surface area contributed by atoms with Crippen LogP contribution >= 0.6 is 11.3 Å². The Morgan fingerprint density at radius 3 is 3.05 bits per heavy atom. The van der Waals surface area contributed by atoms with E-state index in [0.717, 1.165) is 36.5 Å². The summed E-state index contributed by atoms with van der Waals surface area (Å²) in [5.74, 6) is -0.192. The molecule has 1 amide bonds. The van der Waals surface area contributed by atoms with Crippen LogP contribution in [0.5, 0.6) is 0 Å². The van der Waals surface area contributed by atoms with Gasteiger partial charge in [-0.3, -0.25) is 4.79 Å². The molecule has 21 heavy (non-hydrogen) atoms. The van der Waals surface area contributed by atoms with Crippen LogP contribution < -0.4 is 10.6 Å². The Bertz CT molecular complexity index is 616. The van der Waals surface area contributed by atoms with E-state index in [2.05, 4.69) is 25.9 Å². The minimum atomic E-state index is -0.192. The van der Waals surface area contributed by atoms with E-state index in [4.69, 9.17) is 0 Å². The molecule has 0 aliphatic carbocycles. The van der Waals surface area contributed by atoms with Gasteiger partial charge < -0.3 is 10.6 Å². The van der Waals surface area contributed by atoms with Gasteiger partial charge in [-0.2, -0.15) is 0 Å². The Balaban J connectivity index is 1.60. The first-order chi connectivity index (χ1) is 10.2. The third kappa shape index (κ3) is 3.27. The number of aryl methyl sites for hydroxylation is 1. The Morgan fingerprint density at radius 1 is 1.52 bits per heavy atom. The number of nitrogens with zero attached hydrogens (tertiary/aromatic N) is 4. The molecule has 0 spiro atoms. The van der Waals surface area contributed by atoms with Gasteiger partial charge in [0.25, 0.3) is 5.91 Å². The zero-order valence-corrected chi connectivity index (χ0v) is 12.7. The zero-order valence-electron chi connectivity index (χ0n) is 11.9. The van der Waals surface area contributed by atoms with Gasteiger partial charge in [0.15, 0.2) is 5.69 Å². The predicted octanol–water partition coefficient (Wildman–Crippen LogP) is 0.898. The third-order valence-corrected chi connectivity index (χ3v) is 4.62. The van der Waals surface area contributed by atoms with Crippen LogP contribution in [0, 0.1) is 6.92 Å². The predicted molar refractivity (Wildman–Crippen MR) is 79.2 cm³/mol. The lowest BCUT2D eigenvalue weighted by Crippen LogP contribution is -2.29. The molecule has 1 aliphatic heterocycles. The van der Waals surface area contributed by atoms with Crippen LogP contribution in [-0.4, -0.2) is 39.0 Å². The van der Waals surface area contributed by atoms with Gasteiger partial charge in [0.05, 0.1) is 30.0 Å². The van der Waals surface area contributed by atoms with Crippen LogP contribution in [0.2, 0.25) is 0 Å². The molecule has 112 valence electrons. The molecule has 2 aromatic heterocycles. The quantitative estimate of drug-likeness (QED) is 0.876. The van der Waals surface area contributed by atoms with E-state index in [1.807, 2.05) is 11.6 Å². The maximum Gasteiger partial charge on any atom is 0.273 e. The first-order valence-corrected chi connectivity index (χ1v) is 7.91. The van der Waals surface area contributed by atoms with Crippen molar-refractivity contribution in [1.29, 1.82) is 0 Å². The lowest BCUT2D eigenvalue weighted by atomic mass is 10.1. The second-order valence-corrected chi connectivity index (χ2v) is 6.05. The Morgan fingerprint density at radius 2 is 2.33 bits per heavy atom. The fraction of sp³-hybridized carbons (Fsp3) is 0.538. The van der Waals surface area contributed by atoms with E-state index in [-0.39, 0.29) is 5.91 Å². The number of carbonyl (C=O) groups excluding carboxylic acids is 1. The largest absolute Gasteiger partial charge is 0.346 e. The molecular weight excluding hydrogens is 288 g/mol. The molecule has 3 heterocycles. The van der Waals surface area contributed by atoms with Gasteiger partial charge in [-0.1, -0.05) is 5.21 Å². The lowest BCUT2D eigenvalue weighted by Gasteiger charge is -2.22. The molecular formula is C13H18N6OS. The SMILES string of the molecule is Cc1ncsc1CNC(=O)c1cn(C2CCNCC2)nn1. The molecule has 0 radical (unpaired) electrons. The molecule has 1 saturated heterocycles. The average Bonchev–Trinajstić information content (AvgIpc) is 3.15. The van der Waals surface area contributed by atoms with Crippen LogP contribution in [0.15, 0.2) is 11.7 Å². The van der Waals surface area contributed by atoms with E-state index in [1.54, 1.807) is 23.0 Å². The standard InChI is InChI=1S/C13H18N6OS/c1-9-12(21-8-16-9)6-15-13(20)11-7-19(18-17-11)10-2-4-14-5-3-10/h7-8,10,14H,2-6H2,1H3,(H,15,20). The highest BCUT2D eigenvalue weighted by Gasteiger charge is 2.18. The Kier molecular flexibility index (Phi) is 4.26. The molecule has 2 aromatic rings. The normalized spacial score (nSPS) is 16.0. The molecule has 1 fully saturated rings. The molecule has 0 saturated carbocycles. The summed E-state index contributed by atoms with van der Waals surface area (Å²) in [7, 11) is 0. The van der Waals surface area contributed by atoms with Crippen LogP contribution in [0.4, 0.5) is 0 Å². The van der Waals surface area contributed by atoms with Crippen molar-refractivity contribution >= 4 is 17.2 Å². The van der Waals surface area contributed by atoms with Gasteiger partial charge in [-0.25, -0.2) is 9.67 Å². The van der Waals surface area contributed by atoms with Crippen molar-refractivity contribution in [3.63, 3.8) is 0 Å². The van der Waals surface area contributed by atoms with Crippen LogP contribution in [0.3, 0.4) is 0 Å². The van der Waals surface area contributed by atoms with E-state index in [9.17, 15) is 4.79 Å². The van der Waals surface area contributed by atoms with Gasteiger partial charge in [-0.15, -0.1) is 16.4 Å². The van der Waals surface area contributed by atoms with Gasteiger partial charge in [0.2, 0.25) is 0 Å². The summed E-state index contributed by atoms with van der Waals surface area (Å²) < 4.78 is 1.81. The minimum Gasteiger partial charge on any atom is -0.346 e. The van der Waals surface area contributed by atoms with Crippen molar-refractivity contribution in [1.82, 2.24) is 30.6 Å². The molecule has 0 bridgehead atoms. The second-order valence-electron chi connectivity index (χ2n) is 5.11. The summed E-state index contributed by atoms with van der Waals surface area (Å²) in [6.45, 7) is 4.38. The molecule has 3 rings (SSSR count). The lowest BCUT2D eigenvalue weighted by molar-refractivity contribution is 0.0946. The van der Waals surface area contributed by atoms with E-state index in [1.165, 1.54) is 0 Å². The average molecular weight is 306 g/mol. The molecule has 2 N–H and O–H groups in total. The molecule has 7 nitrogen and oxygen atoms in total. The van der Waals surface area contributed by atoms with Crippen LogP contribution in [-0.2, 0) is 6.54 Å². The third-order valence-electron chi connectivity index (χ3n) is 3.68. The van der Waals surface area contributed by atoms with Gasteiger partial charge in [-0.05, 0) is 32.9 Å². The number of piperidine rings is 1. The van der Waals surface area contributed by atoms with Crippen molar-refractivity contribution in [2.75, 3.05) is 13.1 Å². The highest BCUT2D eigenvalue weighted by molar-refractivity contribution is 7.09. The first-order valence-electron chi connectivity index (χ1n) is 7.04. The summed E-state index contributed by atoms with van der Waals surface area (Å²) in [5, 5.41) is 14.2. The van der Waals surface area contributed by atoms with Crippen LogP contribution in [0.25, 0.3) is 0 Å². The molecule has 8 heteroatoms. The highest BCUT2D eigenvalue weighted by atomic mass is 32.1. The smallest absolute Gasteiger partial charge is 0.273 e. The van der Waals surface area contributed by atoms with Crippen molar-refractivity contribution in [3.05, 3.63) is 28.0 Å². The maximum absolute atomic E-state index is 12.1. The van der Waals surface area contributed by atoms with Gasteiger partial charge in [0.1, 0.15) is 0 Å². The molecule has 0 aromatic carbocycles. The highest BCUT2D eigenvalue weighted by Crippen LogP contribution is 2.17. The number of hydrogen-bond donors (Lipinski definition) is 2. The maximum atomic E-state index is 12.1. The summed E-state index contributed by atoms with van der Waals surface area (Å²) in [6.07, 6.45) is 3.78. The Hall–Kier alpha value is -1.80. The summed E-state index contributed by atoms with van der Waals surface area (Å²) in [6, 6.07) is 0.337. The van der Waals surface area contributed by atoms with Crippen molar-refractivity contribution in [3.8, 4) is 0 Å². The van der Waals surface area contributed by atoms with Gasteiger partial charge >= 0.3 is 0 Å². The fourth-order valence-electron chi connectivity index (χ4n) is 2.38. The summed E-state index contributed by atoms with van der Waals surface area (Å²) >= 11 is 1.54. The molecule has 1 aliphatic rings.